The minimum absolute atomic E-state index is 1.07. The Morgan fingerprint density at radius 2 is 0.769 bits per heavy atom. The molecule has 0 saturated carbocycles. The van der Waals surface area contributed by atoms with Crippen molar-refractivity contribution in [2.45, 2.75) is 0 Å². The molecule has 134 valence electrons. The molecule has 4 aromatic carbocycles. The van der Waals surface area contributed by atoms with Gasteiger partial charge in [-0.15, -0.1) is 24.3 Å². The third-order valence-electron chi connectivity index (χ3n) is 2.80. The number of rotatable bonds is 0. The van der Waals surface area contributed by atoms with Gasteiger partial charge in [-0.1, -0.05) is 12.1 Å². The SMILES string of the molecule is [CH2-]c1ccccc1.[CH2-]c1ccccc1.[CH2]=[Zr].c1cc[cH-]c1.c1cc[cH-]c1. The van der Waals surface area contributed by atoms with Crippen molar-refractivity contribution in [3.63, 3.8) is 0 Å². The largest absolute Gasteiger partial charge is 0.214 e. The van der Waals surface area contributed by atoms with E-state index in [1.54, 1.807) is 0 Å². The van der Waals surface area contributed by atoms with Crippen LogP contribution in [0, 0.1) is 13.8 Å². The van der Waals surface area contributed by atoms with E-state index in [0.717, 1.165) is 11.1 Å². The molecule has 0 aliphatic heterocycles. The van der Waals surface area contributed by atoms with Gasteiger partial charge in [0.1, 0.15) is 0 Å². The molecular weight excluding hydrogens is 391 g/mol. The van der Waals surface area contributed by atoms with Gasteiger partial charge in [0.2, 0.25) is 0 Å². The Kier molecular flexibility index (Phi) is 17.2. The van der Waals surface area contributed by atoms with Crippen LogP contribution in [0.2, 0.25) is 0 Å². The maximum atomic E-state index is 3.72. The maximum absolute atomic E-state index is 3.72. The molecule has 0 spiro atoms. The topological polar surface area (TPSA) is 0 Å². The molecule has 0 aliphatic rings. The van der Waals surface area contributed by atoms with Gasteiger partial charge in [-0.3, -0.25) is 0 Å². The van der Waals surface area contributed by atoms with E-state index in [1.165, 1.54) is 24.2 Å². The van der Waals surface area contributed by atoms with Crippen molar-refractivity contribution in [3.05, 3.63) is 146 Å². The summed E-state index contributed by atoms with van der Waals surface area (Å²) < 4.78 is 3.34. The molecule has 0 aromatic heterocycles. The van der Waals surface area contributed by atoms with Crippen molar-refractivity contribution in [1.29, 1.82) is 0 Å². The molecule has 0 aliphatic carbocycles. The van der Waals surface area contributed by atoms with Crippen LogP contribution in [-0.2, 0) is 24.2 Å². The van der Waals surface area contributed by atoms with Crippen molar-refractivity contribution in [1.82, 2.24) is 0 Å². The summed E-state index contributed by atoms with van der Waals surface area (Å²) in [4.78, 5) is 0. The van der Waals surface area contributed by atoms with Gasteiger partial charge in [-0.25, -0.2) is 24.3 Å². The summed E-state index contributed by atoms with van der Waals surface area (Å²) in [5.41, 5.74) is 2.14. The van der Waals surface area contributed by atoms with E-state index in [2.05, 4.69) is 18.1 Å². The number of hydrogen-bond acceptors (Lipinski definition) is 0. The second-order valence-corrected chi connectivity index (χ2v) is 4.90. The van der Waals surface area contributed by atoms with Gasteiger partial charge >= 0.3 is 28.4 Å². The molecule has 0 N–H and O–H groups in total. The van der Waals surface area contributed by atoms with E-state index in [1.807, 2.05) is 121 Å². The fourth-order valence-electron chi connectivity index (χ4n) is 1.60. The first-order valence-corrected chi connectivity index (χ1v) is 9.95. The molecule has 4 aromatic rings. The van der Waals surface area contributed by atoms with Crippen LogP contribution in [0.25, 0.3) is 0 Å². The fraction of sp³-hybridized carbons (Fsp3) is 0. The van der Waals surface area contributed by atoms with Crippen LogP contribution in [0.1, 0.15) is 11.1 Å². The van der Waals surface area contributed by atoms with E-state index < -0.39 is 0 Å². The molecule has 0 unspecified atom stereocenters. The Morgan fingerprint density at radius 1 is 0.500 bits per heavy atom. The summed E-state index contributed by atoms with van der Waals surface area (Å²) in [5.74, 6) is 0. The standard InChI is InChI=1S/2C7H7.2C5H5.CH2.Zr/c2*1-7-5-3-2-4-6-7;2*1-2-4-5-3-1;;/h2*2-6H,1H2;2*1-5H;1H2;/q4*-1;;. The van der Waals surface area contributed by atoms with Gasteiger partial charge in [0, 0.05) is 0 Å². The molecule has 26 heavy (non-hydrogen) atoms. The van der Waals surface area contributed by atoms with Crippen molar-refractivity contribution in [3.8, 4) is 0 Å². The van der Waals surface area contributed by atoms with E-state index >= 15 is 0 Å². The van der Waals surface area contributed by atoms with Crippen LogP contribution in [0.15, 0.2) is 121 Å². The van der Waals surface area contributed by atoms with Gasteiger partial charge < -0.3 is 0 Å². The van der Waals surface area contributed by atoms with Crippen molar-refractivity contribution < 1.29 is 24.2 Å². The molecule has 0 bridgehead atoms. The average Bonchev–Trinajstić information content (AvgIpc) is 3.44. The minimum Gasteiger partial charge on any atom is -0.214 e. The minimum atomic E-state index is 1.07. The Bertz CT molecular complexity index is 582. The smallest absolute Gasteiger partial charge is 0.172 e. The predicted octanol–water partition coefficient (Wildman–Crippen LogP) is 6.51. The monoisotopic (exact) mass is 416 g/mol. The second kappa shape index (κ2) is 19.0. The van der Waals surface area contributed by atoms with Gasteiger partial charge in [0.05, 0.1) is 0 Å². The van der Waals surface area contributed by atoms with Crippen LogP contribution >= 0.6 is 0 Å². The summed E-state index contributed by atoms with van der Waals surface area (Å²) in [6, 6.07) is 39.7. The fourth-order valence-corrected chi connectivity index (χ4v) is 1.60. The van der Waals surface area contributed by atoms with Crippen molar-refractivity contribution >= 4 is 4.21 Å². The molecule has 0 nitrogen and oxygen atoms in total. The van der Waals surface area contributed by atoms with Crippen LogP contribution in [-0.4, -0.2) is 4.21 Å². The van der Waals surface area contributed by atoms with Crippen LogP contribution in [0.4, 0.5) is 0 Å². The molecule has 0 heterocycles. The summed E-state index contributed by atoms with van der Waals surface area (Å²) >= 11 is 1.30. The van der Waals surface area contributed by atoms with Crippen LogP contribution in [0.5, 0.6) is 0 Å². The molecular formula is C25H26Zr-4. The van der Waals surface area contributed by atoms with Crippen LogP contribution < -0.4 is 0 Å². The van der Waals surface area contributed by atoms with E-state index in [0.29, 0.717) is 0 Å². The van der Waals surface area contributed by atoms with Crippen LogP contribution in [0.3, 0.4) is 0 Å². The van der Waals surface area contributed by atoms with E-state index in [-0.39, 0.29) is 0 Å². The Morgan fingerprint density at radius 3 is 0.885 bits per heavy atom. The first-order chi connectivity index (χ1) is 12.8. The second-order valence-electron chi connectivity index (χ2n) is 4.90. The number of benzene rings is 2. The van der Waals surface area contributed by atoms with Gasteiger partial charge in [-0.2, -0.15) is 85.6 Å². The third kappa shape index (κ3) is 16.5. The molecule has 4 rings (SSSR count). The summed E-state index contributed by atoms with van der Waals surface area (Å²) in [6.45, 7) is 7.44. The molecule has 0 fully saturated rings. The molecule has 0 atom stereocenters. The van der Waals surface area contributed by atoms with Gasteiger partial charge in [0.15, 0.2) is 0 Å². The van der Waals surface area contributed by atoms with Crippen molar-refractivity contribution in [2.24, 2.45) is 0 Å². The van der Waals surface area contributed by atoms with Crippen molar-refractivity contribution in [2.75, 3.05) is 0 Å². The normalized spacial score (nSPS) is 7.81. The number of hydrogen-bond donors (Lipinski definition) is 0. The molecule has 0 amide bonds. The van der Waals surface area contributed by atoms with Gasteiger partial charge in [0.25, 0.3) is 0 Å². The van der Waals surface area contributed by atoms with E-state index in [9.17, 15) is 0 Å². The Labute approximate surface area is 174 Å². The zero-order chi connectivity index (χ0) is 19.3. The zero-order valence-corrected chi connectivity index (χ0v) is 17.6. The quantitative estimate of drug-likeness (QED) is 0.286. The first kappa shape index (κ1) is 23.6. The Hall–Kier alpha value is -2.37. The van der Waals surface area contributed by atoms with Gasteiger partial charge in [-0.05, 0) is 0 Å². The average molecular weight is 418 g/mol. The molecule has 0 saturated heterocycles. The predicted molar refractivity (Wildman–Crippen MR) is 113 cm³/mol. The molecule has 0 radical (unpaired) electrons. The van der Waals surface area contributed by atoms with E-state index in [4.69, 9.17) is 0 Å². The first-order valence-electron chi connectivity index (χ1n) is 8.22. The summed E-state index contributed by atoms with van der Waals surface area (Å²) in [6.07, 6.45) is 0. The maximum Gasteiger partial charge on any atom is -0.172 e. The zero-order valence-electron chi connectivity index (χ0n) is 15.2. The Balaban J connectivity index is 0.000000314. The third-order valence-corrected chi connectivity index (χ3v) is 2.80. The molecule has 1 heteroatoms. The summed E-state index contributed by atoms with van der Waals surface area (Å²) in [5, 5.41) is 0. The summed E-state index contributed by atoms with van der Waals surface area (Å²) in [7, 11) is 0.